The number of hydrogen-bond donors (Lipinski definition) is 1. The van der Waals surface area contributed by atoms with E-state index in [4.69, 9.17) is 14.9 Å². The minimum absolute atomic E-state index is 0.00799. The van der Waals surface area contributed by atoms with Crippen molar-refractivity contribution < 1.29 is 13.9 Å². The zero-order chi connectivity index (χ0) is 22.1. The zero-order valence-electron chi connectivity index (χ0n) is 17.6. The predicted octanol–water partition coefficient (Wildman–Crippen LogP) is 3.28. The smallest absolute Gasteiger partial charge is 0.270 e. The second-order valence-electron chi connectivity index (χ2n) is 7.34. The lowest BCUT2D eigenvalue weighted by Crippen LogP contribution is -2.25. The molecule has 10 heteroatoms. The summed E-state index contributed by atoms with van der Waals surface area (Å²) in [5.41, 5.74) is 8.75. The molecule has 1 atom stereocenters. The molecule has 0 saturated carbocycles. The Bertz CT molecular complexity index is 1190. The lowest BCUT2D eigenvalue weighted by atomic mass is 9.86. The number of thiophene rings is 1. The van der Waals surface area contributed by atoms with Crippen LogP contribution in [-0.2, 0) is 4.79 Å². The van der Waals surface area contributed by atoms with Crippen LogP contribution in [0.5, 0.6) is 5.75 Å². The van der Waals surface area contributed by atoms with Gasteiger partial charge in [-0.25, -0.2) is 9.97 Å². The number of hydrogen-bond acceptors (Lipinski definition) is 9. The van der Waals surface area contributed by atoms with E-state index in [2.05, 4.69) is 20.2 Å². The number of nitrogens with zero attached hydrogens (tertiary/aromatic N) is 5. The maximum absolute atomic E-state index is 12.3. The van der Waals surface area contributed by atoms with E-state index in [0.29, 0.717) is 29.4 Å². The van der Waals surface area contributed by atoms with Crippen molar-refractivity contribution in [3.8, 4) is 28.1 Å². The standard InChI is InChI=1S/C21H22N6O3S/c1-11-9-12(21(28)27(2)3)5-6-13(11)14-10-23-18(22)16(24-14)19-25-26-20(30-19)17-15(29-4)7-8-31-17/h5-8,10-11H,9H2,1-4H3,(H2,22,23). The highest BCUT2D eigenvalue weighted by Crippen LogP contribution is 2.37. The normalized spacial score (nSPS) is 15.9. The Labute approximate surface area is 183 Å². The molecule has 0 aliphatic heterocycles. The van der Waals surface area contributed by atoms with E-state index < -0.39 is 0 Å². The van der Waals surface area contributed by atoms with Crippen LogP contribution in [0.15, 0.2) is 39.8 Å². The Kier molecular flexibility index (Phi) is 5.55. The summed E-state index contributed by atoms with van der Waals surface area (Å²) in [6.45, 7) is 2.05. The first-order chi connectivity index (χ1) is 14.9. The lowest BCUT2D eigenvalue weighted by molar-refractivity contribution is -0.124. The second-order valence-corrected chi connectivity index (χ2v) is 8.25. The van der Waals surface area contributed by atoms with Crippen LogP contribution in [0.1, 0.15) is 19.0 Å². The van der Waals surface area contributed by atoms with Crippen molar-refractivity contribution in [2.24, 2.45) is 5.92 Å². The number of nitrogens with two attached hydrogens (primary N) is 1. The Morgan fingerprint density at radius 1 is 1.29 bits per heavy atom. The topological polar surface area (TPSA) is 120 Å². The molecule has 1 amide bonds. The van der Waals surface area contributed by atoms with E-state index in [1.165, 1.54) is 11.3 Å². The van der Waals surface area contributed by atoms with Crippen molar-refractivity contribution in [3.05, 3.63) is 41.1 Å². The van der Waals surface area contributed by atoms with Gasteiger partial charge in [-0.1, -0.05) is 19.1 Å². The molecule has 0 saturated heterocycles. The fourth-order valence-electron chi connectivity index (χ4n) is 3.37. The molecule has 0 bridgehead atoms. The predicted molar refractivity (Wildman–Crippen MR) is 118 cm³/mol. The van der Waals surface area contributed by atoms with E-state index in [1.807, 2.05) is 30.5 Å². The fraction of sp³-hybridized carbons (Fsp3) is 0.286. The maximum atomic E-state index is 12.3. The molecule has 0 spiro atoms. The van der Waals surface area contributed by atoms with Crippen molar-refractivity contribution in [2.45, 2.75) is 13.3 Å². The van der Waals surface area contributed by atoms with E-state index in [9.17, 15) is 4.79 Å². The van der Waals surface area contributed by atoms with Crippen LogP contribution in [-0.4, -0.2) is 52.2 Å². The Hall–Kier alpha value is -3.53. The number of likely N-dealkylation sites (N-methyl/N-ethyl adjacent to an activating group) is 1. The minimum Gasteiger partial charge on any atom is -0.495 e. The van der Waals surface area contributed by atoms with Crippen LogP contribution < -0.4 is 10.5 Å². The molecule has 1 aliphatic carbocycles. The first-order valence-electron chi connectivity index (χ1n) is 9.60. The summed E-state index contributed by atoms with van der Waals surface area (Å²) in [7, 11) is 5.07. The quantitative estimate of drug-likeness (QED) is 0.644. The molecular weight excluding hydrogens is 416 g/mol. The number of carbonyl (C=O) groups is 1. The summed E-state index contributed by atoms with van der Waals surface area (Å²) in [4.78, 5) is 23.5. The van der Waals surface area contributed by atoms with Gasteiger partial charge in [0, 0.05) is 19.7 Å². The van der Waals surface area contributed by atoms with Crippen molar-refractivity contribution in [1.29, 1.82) is 0 Å². The molecule has 3 aromatic heterocycles. The molecule has 9 nitrogen and oxygen atoms in total. The van der Waals surface area contributed by atoms with E-state index in [0.717, 1.165) is 16.0 Å². The van der Waals surface area contributed by atoms with Gasteiger partial charge in [0.1, 0.15) is 10.6 Å². The molecule has 0 fully saturated rings. The average Bonchev–Trinajstić information content (AvgIpc) is 3.42. The Morgan fingerprint density at radius 2 is 2.06 bits per heavy atom. The number of anilines is 1. The molecule has 31 heavy (non-hydrogen) atoms. The first-order valence-corrected chi connectivity index (χ1v) is 10.5. The molecule has 1 unspecified atom stereocenters. The summed E-state index contributed by atoms with van der Waals surface area (Å²) in [5.74, 6) is 1.45. The van der Waals surface area contributed by atoms with Crippen LogP contribution in [0.3, 0.4) is 0 Å². The van der Waals surface area contributed by atoms with Crippen molar-refractivity contribution in [1.82, 2.24) is 25.1 Å². The molecule has 0 radical (unpaired) electrons. The Morgan fingerprint density at radius 3 is 2.77 bits per heavy atom. The highest BCUT2D eigenvalue weighted by Gasteiger charge is 2.24. The molecule has 160 valence electrons. The van der Waals surface area contributed by atoms with Crippen molar-refractivity contribution in [3.63, 3.8) is 0 Å². The summed E-state index contributed by atoms with van der Waals surface area (Å²) < 4.78 is 11.1. The molecule has 4 rings (SSSR count). The van der Waals surface area contributed by atoms with Gasteiger partial charge in [-0.3, -0.25) is 4.79 Å². The number of aromatic nitrogens is 4. The van der Waals surface area contributed by atoms with Gasteiger partial charge >= 0.3 is 0 Å². The van der Waals surface area contributed by atoms with Gasteiger partial charge in [0.2, 0.25) is 5.91 Å². The number of methoxy groups -OCH3 is 1. The van der Waals surface area contributed by atoms with Gasteiger partial charge in [0.15, 0.2) is 11.5 Å². The number of amides is 1. The van der Waals surface area contributed by atoms with E-state index in [-0.39, 0.29) is 23.5 Å². The van der Waals surface area contributed by atoms with Crippen molar-refractivity contribution in [2.75, 3.05) is 26.9 Å². The molecule has 3 heterocycles. The minimum atomic E-state index is 0.00799. The van der Waals surface area contributed by atoms with Crippen molar-refractivity contribution >= 4 is 28.6 Å². The molecule has 2 N–H and O–H groups in total. The van der Waals surface area contributed by atoms with Crippen LogP contribution in [0.4, 0.5) is 5.82 Å². The van der Waals surface area contributed by atoms with E-state index >= 15 is 0 Å². The largest absolute Gasteiger partial charge is 0.495 e. The molecule has 1 aliphatic rings. The fourth-order valence-corrected chi connectivity index (χ4v) is 4.14. The van der Waals surface area contributed by atoms with Crippen LogP contribution in [0, 0.1) is 5.92 Å². The number of rotatable bonds is 5. The number of allylic oxidation sites excluding steroid dienone is 3. The third kappa shape index (κ3) is 3.93. The van der Waals surface area contributed by atoms with Crippen LogP contribution >= 0.6 is 11.3 Å². The number of carbonyl (C=O) groups excluding carboxylic acids is 1. The average molecular weight is 439 g/mol. The molecule has 3 aromatic rings. The van der Waals surface area contributed by atoms with E-state index in [1.54, 1.807) is 32.3 Å². The number of nitrogen functional groups attached to an aromatic ring is 1. The molecule has 0 aromatic carbocycles. The SMILES string of the molecule is COc1ccsc1-c1nnc(-c2nc(C3=CC=C(C(=O)N(C)C)CC3C)cnc2N)o1. The van der Waals surface area contributed by atoms with Crippen LogP contribution in [0.25, 0.3) is 27.9 Å². The van der Waals surface area contributed by atoms with Crippen LogP contribution in [0.2, 0.25) is 0 Å². The third-order valence-corrected chi connectivity index (χ3v) is 5.85. The van der Waals surface area contributed by atoms with Gasteiger partial charge in [-0.15, -0.1) is 21.5 Å². The Balaban J connectivity index is 1.68. The highest BCUT2D eigenvalue weighted by atomic mass is 32.1. The molecular formula is C21H22N6O3S. The summed E-state index contributed by atoms with van der Waals surface area (Å²) >= 11 is 1.44. The van der Waals surface area contributed by atoms with Gasteiger partial charge < -0.3 is 19.8 Å². The monoisotopic (exact) mass is 438 g/mol. The summed E-state index contributed by atoms with van der Waals surface area (Å²) in [5, 5.41) is 10.1. The lowest BCUT2D eigenvalue weighted by Gasteiger charge is -2.22. The second kappa shape index (κ2) is 8.31. The van der Waals surface area contributed by atoms with Gasteiger partial charge in [-0.05, 0) is 29.4 Å². The zero-order valence-corrected chi connectivity index (χ0v) is 18.4. The first kappa shape index (κ1) is 20.7. The van der Waals surface area contributed by atoms with Gasteiger partial charge in [0.25, 0.3) is 11.8 Å². The highest BCUT2D eigenvalue weighted by molar-refractivity contribution is 7.13. The maximum Gasteiger partial charge on any atom is 0.270 e. The third-order valence-electron chi connectivity index (χ3n) is 4.97. The van der Waals surface area contributed by atoms with Gasteiger partial charge in [0.05, 0.1) is 19.0 Å². The summed E-state index contributed by atoms with van der Waals surface area (Å²) in [6.07, 6.45) is 5.98. The number of ether oxygens (including phenoxy) is 1. The van der Waals surface area contributed by atoms with Gasteiger partial charge in [-0.2, -0.15) is 0 Å². The summed E-state index contributed by atoms with van der Waals surface area (Å²) in [6, 6.07) is 1.83.